The Kier molecular flexibility index (Phi) is 6.29. The lowest BCUT2D eigenvalue weighted by Gasteiger charge is -2.31. The minimum absolute atomic E-state index is 0.132. The molecule has 0 bridgehead atoms. The minimum Gasteiger partial charge on any atom is -0.348 e. The molecule has 0 spiro atoms. The first-order valence-electron chi connectivity index (χ1n) is 8.67. The van der Waals surface area contributed by atoms with Gasteiger partial charge in [0.15, 0.2) is 0 Å². The Balaban J connectivity index is 1.61. The fourth-order valence-electron chi connectivity index (χ4n) is 3.05. The van der Waals surface area contributed by atoms with Crippen LogP contribution >= 0.6 is 11.3 Å². The van der Waals surface area contributed by atoms with Gasteiger partial charge in [0, 0.05) is 30.1 Å². The normalized spacial score (nSPS) is 16.5. The van der Waals surface area contributed by atoms with E-state index in [0.717, 1.165) is 23.5 Å². The van der Waals surface area contributed by atoms with Crippen molar-refractivity contribution in [3.63, 3.8) is 0 Å². The van der Waals surface area contributed by atoms with Crippen molar-refractivity contribution in [1.82, 2.24) is 15.2 Å². The van der Waals surface area contributed by atoms with Gasteiger partial charge in [0.1, 0.15) is 10.7 Å². The summed E-state index contributed by atoms with van der Waals surface area (Å²) in [5.41, 5.74) is -0.353. The van der Waals surface area contributed by atoms with Crippen molar-refractivity contribution in [2.24, 2.45) is 0 Å². The Morgan fingerprint density at radius 3 is 2.64 bits per heavy atom. The molecule has 3 rings (SSSR count). The lowest BCUT2D eigenvalue weighted by molar-refractivity contribution is -0.137. The van der Waals surface area contributed by atoms with Crippen LogP contribution in [0.1, 0.15) is 28.9 Å². The number of carbonyl (C=O) groups is 1. The van der Waals surface area contributed by atoms with Crippen LogP contribution in [0.2, 0.25) is 0 Å². The van der Waals surface area contributed by atoms with Gasteiger partial charge in [-0.2, -0.15) is 13.2 Å². The number of rotatable bonds is 5. The van der Waals surface area contributed by atoms with Gasteiger partial charge in [-0.15, -0.1) is 11.3 Å². The van der Waals surface area contributed by atoms with Crippen LogP contribution in [0.3, 0.4) is 0 Å². The van der Waals surface area contributed by atoms with Gasteiger partial charge in [-0.1, -0.05) is 12.1 Å². The summed E-state index contributed by atoms with van der Waals surface area (Å²) < 4.78 is 63.3. The van der Waals surface area contributed by atoms with Gasteiger partial charge in [-0.25, -0.2) is 13.8 Å². The van der Waals surface area contributed by atoms with E-state index in [1.54, 1.807) is 4.90 Å². The molecule has 0 atom stereocenters. The highest BCUT2D eigenvalue weighted by Gasteiger charge is 2.30. The van der Waals surface area contributed by atoms with E-state index in [4.69, 9.17) is 0 Å². The predicted octanol–water partition coefficient (Wildman–Crippen LogP) is 4.29. The Morgan fingerprint density at radius 2 is 2.00 bits per heavy atom. The Labute approximate surface area is 162 Å². The second kappa shape index (κ2) is 8.52. The molecular formula is C18H18F5N3OS. The maximum Gasteiger partial charge on any atom is 0.416 e. The van der Waals surface area contributed by atoms with Gasteiger partial charge in [-0.05, 0) is 25.0 Å². The maximum absolute atomic E-state index is 12.8. The summed E-state index contributed by atoms with van der Waals surface area (Å²) in [5.74, 6) is -0.415. The lowest BCUT2D eigenvalue weighted by atomic mass is 10.0. The fraction of sp³-hybridized carbons (Fsp3) is 0.444. The van der Waals surface area contributed by atoms with Crippen molar-refractivity contribution in [3.8, 4) is 10.6 Å². The van der Waals surface area contributed by atoms with E-state index >= 15 is 0 Å². The average Bonchev–Trinajstić information content (AvgIpc) is 3.13. The highest BCUT2D eigenvalue weighted by atomic mass is 32.1. The summed E-state index contributed by atoms with van der Waals surface area (Å²) in [6.45, 7) is 0.677. The number of hydrogen-bond acceptors (Lipinski definition) is 4. The smallest absolute Gasteiger partial charge is 0.348 e. The van der Waals surface area contributed by atoms with E-state index in [2.05, 4.69) is 10.3 Å². The predicted molar refractivity (Wildman–Crippen MR) is 95.5 cm³/mol. The molecule has 0 saturated carbocycles. The van der Waals surface area contributed by atoms with Gasteiger partial charge < -0.3 is 5.32 Å². The second-order valence-corrected chi connectivity index (χ2v) is 7.41. The molecule has 0 radical (unpaired) electrons. The molecule has 1 aromatic carbocycles. The van der Waals surface area contributed by atoms with Crippen molar-refractivity contribution in [2.45, 2.75) is 31.5 Å². The van der Waals surface area contributed by atoms with E-state index in [-0.39, 0.29) is 18.3 Å². The monoisotopic (exact) mass is 419 g/mol. The van der Waals surface area contributed by atoms with Gasteiger partial charge in [0.2, 0.25) is 0 Å². The van der Waals surface area contributed by atoms with Crippen LogP contribution in [-0.2, 0) is 6.18 Å². The first-order valence-corrected chi connectivity index (χ1v) is 9.55. The lowest BCUT2D eigenvalue weighted by Crippen LogP contribution is -2.45. The van der Waals surface area contributed by atoms with Crippen molar-refractivity contribution in [1.29, 1.82) is 0 Å². The Morgan fingerprint density at radius 1 is 1.29 bits per heavy atom. The van der Waals surface area contributed by atoms with Crippen molar-refractivity contribution in [3.05, 3.63) is 40.9 Å². The third-order valence-corrected chi connectivity index (χ3v) is 5.38. The van der Waals surface area contributed by atoms with Crippen LogP contribution in [0, 0.1) is 0 Å². The summed E-state index contributed by atoms with van der Waals surface area (Å²) >= 11 is 1.09. The van der Waals surface area contributed by atoms with Gasteiger partial charge in [-0.3, -0.25) is 9.69 Å². The van der Waals surface area contributed by atoms with Crippen LogP contribution in [0.25, 0.3) is 10.6 Å². The van der Waals surface area contributed by atoms with Crippen LogP contribution < -0.4 is 5.32 Å². The summed E-state index contributed by atoms with van der Waals surface area (Å²) in [6, 6.07) is 4.64. The van der Waals surface area contributed by atoms with Gasteiger partial charge in [0.25, 0.3) is 12.3 Å². The largest absolute Gasteiger partial charge is 0.416 e. The number of nitrogens with zero attached hydrogens (tertiary/aromatic N) is 2. The van der Waals surface area contributed by atoms with Crippen molar-refractivity contribution < 1.29 is 26.7 Å². The first-order chi connectivity index (χ1) is 13.2. The Bertz CT molecular complexity index is 816. The molecule has 1 aromatic heterocycles. The molecule has 10 heteroatoms. The molecule has 28 heavy (non-hydrogen) atoms. The highest BCUT2D eigenvalue weighted by molar-refractivity contribution is 7.13. The number of nitrogens with one attached hydrogen (secondary N) is 1. The number of halogens is 5. The fourth-order valence-corrected chi connectivity index (χ4v) is 3.85. The molecule has 2 heterocycles. The topological polar surface area (TPSA) is 45.2 Å². The highest BCUT2D eigenvalue weighted by Crippen LogP contribution is 2.33. The van der Waals surface area contributed by atoms with Crippen LogP contribution in [-0.4, -0.2) is 47.9 Å². The van der Waals surface area contributed by atoms with Gasteiger partial charge in [0.05, 0.1) is 12.1 Å². The molecule has 1 fully saturated rings. The zero-order valence-corrected chi connectivity index (χ0v) is 15.5. The number of carbonyl (C=O) groups excluding carboxylic acids is 1. The van der Waals surface area contributed by atoms with Crippen LogP contribution in [0.4, 0.5) is 22.0 Å². The molecule has 4 nitrogen and oxygen atoms in total. The van der Waals surface area contributed by atoms with Gasteiger partial charge >= 0.3 is 6.18 Å². The van der Waals surface area contributed by atoms with E-state index in [9.17, 15) is 26.7 Å². The molecule has 152 valence electrons. The molecule has 1 amide bonds. The molecule has 1 N–H and O–H groups in total. The number of aromatic nitrogens is 1. The van der Waals surface area contributed by atoms with Crippen molar-refractivity contribution in [2.75, 3.05) is 19.6 Å². The molecule has 1 aliphatic rings. The molecule has 1 aliphatic heterocycles. The zero-order valence-electron chi connectivity index (χ0n) is 14.7. The average molecular weight is 419 g/mol. The summed E-state index contributed by atoms with van der Waals surface area (Å²) in [4.78, 5) is 18.2. The number of amides is 1. The molecule has 2 aromatic rings. The van der Waals surface area contributed by atoms with E-state index in [0.29, 0.717) is 36.5 Å². The number of hydrogen-bond donors (Lipinski definition) is 1. The number of likely N-dealkylation sites (tertiary alicyclic amines) is 1. The number of alkyl halides is 5. The van der Waals surface area contributed by atoms with Crippen LogP contribution in [0.15, 0.2) is 29.6 Å². The maximum atomic E-state index is 12.8. The van der Waals surface area contributed by atoms with Crippen molar-refractivity contribution >= 4 is 17.2 Å². The minimum atomic E-state index is -4.45. The third-order valence-electron chi connectivity index (χ3n) is 4.49. The van der Waals surface area contributed by atoms with E-state index < -0.39 is 24.1 Å². The number of benzene rings is 1. The SMILES string of the molecule is O=C(NC1CCN(CC(F)F)CC1)c1csc(-c2cccc(C(F)(F)F)c2)n1. The summed E-state index contributed by atoms with van der Waals surface area (Å²) in [6.07, 6.45) is -5.71. The first kappa shape index (κ1) is 20.7. The van der Waals surface area contributed by atoms with Crippen LogP contribution in [0.5, 0.6) is 0 Å². The number of piperidine rings is 1. The standard InChI is InChI=1S/C18H18F5N3OS/c19-15(20)9-26-6-4-13(5-7-26)24-16(27)14-10-28-17(25-14)11-2-1-3-12(8-11)18(21,22)23/h1-3,8,10,13,15H,4-7,9H2,(H,24,27). The van der Waals surface area contributed by atoms with E-state index in [1.807, 2.05) is 0 Å². The molecule has 0 unspecified atom stereocenters. The summed E-state index contributed by atoms with van der Waals surface area (Å²) in [5, 5.41) is 4.64. The zero-order chi connectivity index (χ0) is 20.3. The molecule has 1 saturated heterocycles. The van der Waals surface area contributed by atoms with E-state index in [1.165, 1.54) is 17.5 Å². The second-order valence-electron chi connectivity index (χ2n) is 6.56. The number of thiazole rings is 1. The molecular weight excluding hydrogens is 401 g/mol. The summed E-state index contributed by atoms with van der Waals surface area (Å²) in [7, 11) is 0. The quantitative estimate of drug-likeness (QED) is 0.736. The third kappa shape index (κ3) is 5.26. The molecule has 0 aliphatic carbocycles. The Hall–Kier alpha value is -2.07.